The smallest absolute Gasteiger partial charge is 0.0565 e. The summed E-state index contributed by atoms with van der Waals surface area (Å²) in [7, 11) is 0. The quantitative estimate of drug-likeness (QED) is 0.444. The average Bonchev–Trinajstić information content (AvgIpc) is 2.17. The van der Waals surface area contributed by atoms with Crippen LogP contribution in [0.4, 0.5) is 0 Å². The molecule has 0 radical (unpaired) electrons. The topological polar surface area (TPSA) is 40.5 Å². The Bertz CT molecular complexity index is 132. The predicted octanol–water partition coefficient (Wildman–Crippen LogP) is 2.65. The second-order valence-electron chi connectivity index (χ2n) is 3.71. The lowest BCUT2D eigenvalue weighted by Gasteiger charge is -2.05. The monoisotopic (exact) mass is 200 g/mol. The standard InChI is InChI=1S/C12H24O2/c1-2-3-4-5-6-7-8-9-12(14)10-11-13/h6-7,12-14H,2-5,8-11H2,1H3/b7-6-. The van der Waals surface area contributed by atoms with E-state index in [9.17, 15) is 5.11 Å². The normalized spacial score (nSPS) is 13.6. The lowest BCUT2D eigenvalue weighted by molar-refractivity contribution is 0.126. The number of aliphatic hydroxyl groups excluding tert-OH is 2. The van der Waals surface area contributed by atoms with Crippen LogP contribution in [0, 0.1) is 0 Å². The summed E-state index contributed by atoms with van der Waals surface area (Å²) < 4.78 is 0. The minimum absolute atomic E-state index is 0.0847. The number of rotatable bonds is 9. The van der Waals surface area contributed by atoms with Gasteiger partial charge < -0.3 is 10.2 Å². The van der Waals surface area contributed by atoms with Crippen LogP contribution in [-0.4, -0.2) is 22.9 Å². The summed E-state index contributed by atoms with van der Waals surface area (Å²) in [5.41, 5.74) is 0. The molecule has 2 nitrogen and oxygen atoms in total. The fourth-order valence-electron chi connectivity index (χ4n) is 1.33. The maximum absolute atomic E-state index is 9.30. The molecule has 1 atom stereocenters. The third kappa shape index (κ3) is 9.75. The van der Waals surface area contributed by atoms with Crippen molar-refractivity contribution in [1.29, 1.82) is 0 Å². The van der Waals surface area contributed by atoms with Gasteiger partial charge in [0.25, 0.3) is 0 Å². The molecule has 84 valence electrons. The van der Waals surface area contributed by atoms with Crippen LogP contribution in [0.5, 0.6) is 0 Å². The van der Waals surface area contributed by atoms with Crippen LogP contribution >= 0.6 is 0 Å². The zero-order valence-electron chi connectivity index (χ0n) is 9.28. The molecule has 14 heavy (non-hydrogen) atoms. The SMILES string of the molecule is CCCCC/C=C\CCC(O)CCO. The molecular formula is C12H24O2. The Balaban J connectivity index is 3.17. The van der Waals surface area contributed by atoms with Crippen LogP contribution in [-0.2, 0) is 0 Å². The van der Waals surface area contributed by atoms with Crippen LogP contribution < -0.4 is 0 Å². The first-order chi connectivity index (χ1) is 6.81. The molecule has 2 heteroatoms. The van der Waals surface area contributed by atoms with Gasteiger partial charge >= 0.3 is 0 Å². The molecule has 0 aliphatic rings. The summed E-state index contributed by atoms with van der Waals surface area (Å²) in [4.78, 5) is 0. The zero-order chi connectivity index (χ0) is 10.6. The van der Waals surface area contributed by atoms with Gasteiger partial charge in [-0.3, -0.25) is 0 Å². The summed E-state index contributed by atoms with van der Waals surface area (Å²) in [5, 5.41) is 17.9. The van der Waals surface area contributed by atoms with Gasteiger partial charge in [0.05, 0.1) is 6.10 Å². The molecule has 0 bridgehead atoms. The first-order valence-corrected chi connectivity index (χ1v) is 5.75. The van der Waals surface area contributed by atoms with Crippen molar-refractivity contribution >= 4 is 0 Å². The van der Waals surface area contributed by atoms with Crippen molar-refractivity contribution in [3.8, 4) is 0 Å². The highest BCUT2D eigenvalue weighted by Gasteiger charge is 1.99. The number of hydrogen-bond donors (Lipinski definition) is 2. The highest BCUT2D eigenvalue weighted by molar-refractivity contribution is 4.82. The fraction of sp³-hybridized carbons (Fsp3) is 0.833. The van der Waals surface area contributed by atoms with Crippen molar-refractivity contribution in [1.82, 2.24) is 0 Å². The summed E-state index contributed by atoms with van der Waals surface area (Å²) in [6.45, 7) is 2.29. The van der Waals surface area contributed by atoms with E-state index in [0.717, 1.165) is 19.3 Å². The molecule has 0 aliphatic carbocycles. The van der Waals surface area contributed by atoms with Crippen LogP contribution in [0.15, 0.2) is 12.2 Å². The molecule has 0 aromatic carbocycles. The Morgan fingerprint density at radius 2 is 1.79 bits per heavy atom. The van der Waals surface area contributed by atoms with E-state index >= 15 is 0 Å². The third-order valence-electron chi connectivity index (χ3n) is 2.27. The third-order valence-corrected chi connectivity index (χ3v) is 2.27. The zero-order valence-corrected chi connectivity index (χ0v) is 9.28. The second-order valence-corrected chi connectivity index (χ2v) is 3.71. The van der Waals surface area contributed by atoms with E-state index in [2.05, 4.69) is 19.1 Å². The van der Waals surface area contributed by atoms with E-state index in [1.165, 1.54) is 19.3 Å². The predicted molar refractivity (Wildman–Crippen MR) is 60.2 cm³/mol. The molecular weight excluding hydrogens is 176 g/mol. The number of unbranched alkanes of at least 4 members (excludes halogenated alkanes) is 3. The van der Waals surface area contributed by atoms with Gasteiger partial charge in [-0.15, -0.1) is 0 Å². The number of hydrogen-bond acceptors (Lipinski definition) is 2. The van der Waals surface area contributed by atoms with Crippen molar-refractivity contribution in [2.45, 2.75) is 58.0 Å². The van der Waals surface area contributed by atoms with E-state index in [0.29, 0.717) is 6.42 Å². The molecule has 0 aliphatic heterocycles. The molecule has 0 heterocycles. The van der Waals surface area contributed by atoms with Crippen molar-refractivity contribution < 1.29 is 10.2 Å². The van der Waals surface area contributed by atoms with E-state index in [1.807, 2.05) is 0 Å². The van der Waals surface area contributed by atoms with Crippen LogP contribution in [0.1, 0.15) is 51.9 Å². The molecule has 2 N–H and O–H groups in total. The van der Waals surface area contributed by atoms with Crippen LogP contribution in [0.2, 0.25) is 0 Å². The fourth-order valence-corrected chi connectivity index (χ4v) is 1.33. The summed E-state index contributed by atoms with van der Waals surface area (Å²) in [6, 6.07) is 0. The van der Waals surface area contributed by atoms with Crippen molar-refractivity contribution in [2.75, 3.05) is 6.61 Å². The summed E-state index contributed by atoms with van der Waals surface area (Å²) >= 11 is 0. The van der Waals surface area contributed by atoms with E-state index in [-0.39, 0.29) is 12.7 Å². The average molecular weight is 200 g/mol. The van der Waals surface area contributed by atoms with Crippen LogP contribution in [0.3, 0.4) is 0 Å². The molecule has 0 fully saturated rings. The largest absolute Gasteiger partial charge is 0.396 e. The van der Waals surface area contributed by atoms with Crippen molar-refractivity contribution in [3.63, 3.8) is 0 Å². The van der Waals surface area contributed by atoms with Gasteiger partial charge in [-0.1, -0.05) is 31.9 Å². The summed E-state index contributed by atoms with van der Waals surface area (Å²) in [5.74, 6) is 0. The van der Waals surface area contributed by atoms with Crippen LogP contribution in [0.25, 0.3) is 0 Å². The van der Waals surface area contributed by atoms with E-state index in [4.69, 9.17) is 5.11 Å². The molecule has 0 aromatic heterocycles. The molecule has 0 saturated carbocycles. The molecule has 0 rings (SSSR count). The van der Waals surface area contributed by atoms with Gasteiger partial charge in [-0.25, -0.2) is 0 Å². The van der Waals surface area contributed by atoms with Gasteiger partial charge in [0, 0.05) is 6.61 Å². The Kier molecular flexibility index (Phi) is 10.5. The van der Waals surface area contributed by atoms with Gasteiger partial charge in [0.1, 0.15) is 0 Å². The highest BCUT2D eigenvalue weighted by atomic mass is 16.3. The molecule has 0 amide bonds. The minimum Gasteiger partial charge on any atom is -0.396 e. The maximum atomic E-state index is 9.30. The molecule has 0 spiro atoms. The molecule has 0 saturated heterocycles. The highest BCUT2D eigenvalue weighted by Crippen LogP contribution is 2.04. The van der Waals surface area contributed by atoms with E-state index in [1.54, 1.807) is 0 Å². The first-order valence-electron chi connectivity index (χ1n) is 5.75. The Morgan fingerprint density at radius 1 is 1.07 bits per heavy atom. The minimum atomic E-state index is -0.333. The Labute approximate surface area is 87.7 Å². The lowest BCUT2D eigenvalue weighted by Crippen LogP contribution is -2.07. The van der Waals surface area contributed by atoms with Gasteiger partial charge in [-0.05, 0) is 32.1 Å². The second kappa shape index (κ2) is 10.7. The number of allylic oxidation sites excluding steroid dienone is 2. The van der Waals surface area contributed by atoms with Gasteiger partial charge in [0.15, 0.2) is 0 Å². The lowest BCUT2D eigenvalue weighted by atomic mass is 10.1. The first kappa shape index (κ1) is 13.7. The maximum Gasteiger partial charge on any atom is 0.0565 e. The molecule has 1 unspecified atom stereocenters. The molecule has 0 aromatic rings. The van der Waals surface area contributed by atoms with Crippen molar-refractivity contribution in [2.24, 2.45) is 0 Å². The summed E-state index contributed by atoms with van der Waals surface area (Å²) in [6.07, 6.45) is 11.2. The van der Waals surface area contributed by atoms with Crippen molar-refractivity contribution in [3.05, 3.63) is 12.2 Å². The van der Waals surface area contributed by atoms with Gasteiger partial charge in [0.2, 0.25) is 0 Å². The van der Waals surface area contributed by atoms with Gasteiger partial charge in [-0.2, -0.15) is 0 Å². The Morgan fingerprint density at radius 3 is 2.43 bits per heavy atom. The van der Waals surface area contributed by atoms with E-state index < -0.39 is 0 Å². The Hall–Kier alpha value is -0.340. The number of aliphatic hydroxyl groups is 2.